The number of likely N-dealkylation sites (tertiary alicyclic amines) is 2. The van der Waals surface area contributed by atoms with Gasteiger partial charge in [-0.1, -0.05) is 55.2 Å². The standard InChI is InChI=1S/C26H32Cl2N2O2/c1-19(2)17-32-24-6-4-3-5-21(24)16-29-12-9-26(18-29)10-13-30(14-11-26)25(31)20-7-8-22(27)23(28)15-20/h3-8,15,19H,9-14,16-18H2,1-2H3. The maximum absolute atomic E-state index is 12.9. The summed E-state index contributed by atoms with van der Waals surface area (Å²) in [6.45, 7) is 9.77. The summed E-state index contributed by atoms with van der Waals surface area (Å²) in [4.78, 5) is 17.4. The van der Waals surface area contributed by atoms with E-state index in [1.54, 1.807) is 18.2 Å². The molecule has 4 nitrogen and oxygen atoms in total. The maximum Gasteiger partial charge on any atom is 0.253 e. The van der Waals surface area contributed by atoms with Crippen LogP contribution in [0.4, 0.5) is 0 Å². The molecule has 2 heterocycles. The molecule has 6 heteroatoms. The van der Waals surface area contributed by atoms with Gasteiger partial charge >= 0.3 is 0 Å². The van der Waals surface area contributed by atoms with Crippen LogP contribution in [0.5, 0.6) is 5.75 Å². The van der Waals surface area contributed by atoms with Gasteiger partial charge in [-0.15, -0.1) is 0 Å². The minimum Gasteiger partial charge on any atom is -0.493 e. The molecule has 4 rings (SSSR count). The molecular formula is C26H32Cl2N2O2. The highest BCUT2D eigenvalue weighted by Crippen LogP contribution is 2.41. The van der Waals surface area contributed by atoms with Gasteiger partial charge in [0.05, 0.1) is 16.7 Å². The number of hydrogen-bond acceptors (Lipinski definition) is 3. The Labute approximate surface area is 201 Å². The summed E-state index contributed by atoms with van der Waals surface area (Å²) in [6, 6.07) is 13.5. The van der Waals surface area contributed by atoms with Crippen LogP contribution in [0, 0.1) is 11.3 Å². The van der Waals surface area contributed by atoms with Gasteiger partial charge in [0.1, 0.15) is 5.75 Å². The fourth-order valence-electron chi connectivity index (χ4n) is 4.84. The summed E-state index contributed by atoms with van der Waals surface area (Å²) < 4.78 is 6.06. The lowest BCUT2D eigenvalue weighted by Crippen LogP contribution is -2.44. The van der Waals surface area contributed by atoms with Gasteiger partial charge < -0.3 is 9.64 Å². The van der Waals surface area contributed by atoms with Crippen molar-refractivity contribution in [2.75, 3.05) is 32.8 Å². The summed E-state index contributed by atoms with van der Waals surface area (Å²) in [5.74, 6) is 1.56. The predicted octanol–water partition coefficient (Wildman–Crippen LogP) is 6.16. The number of rotatable bonds is 6. The average Bonchev–Trinajstić information content (AvgIpc) is 3.17. The van der Waals surface area contributed by atoms with Crippen LogP contribution in [-0.2, 0) is 6.54 Å². The zero-order chi connectivity index (χ0) is 22.7. The van der Waals surface area contributed by atoms with Crippen LogP contribution in [-0.4, -0.2) is 48.5 Å². The Balaban J connectivity index is 1.33. The van der Waals surface area contributed by atoms with E-state index in [4.69, 9.17) is 27.9 Å². The normalized spacial score (nSPS) is 18.5. The fourth-order valence-corrected chi connectivity index (χ4v) is 5.14. The molecule has 0 N–H and O–H groups in total. The first kappa shape index (κ1) is 23.4. The Morgan fingerprint density at radius 2 is 1.75 bits per heavy atom. The van der Waals surface area contributed by atoms with Gasteiger partial charge in [0, 0.05) is 37.3 Å². The molecule has 2 aliphatic rings. The van der Waals surface area contributed by atoms with E-state index < -0.39 is 0 Å². The molecule has 2 aromatic carbocycles. The minimum atomic E-state index is 0.0458. The summed E-state index contributed by atoms with van der Waals surface area (Å²) in [5, 5.41) is 0.901. The molecule has 2 fully saturated rings. The number of hydrogen-bond donors (Lipinski definition) is 0. The third-order valence-electron chi connectivity index (χ3n) is 6.73. The highest BCUT2D eigenvalue weighted by Gasteiger charge is 2.41. The summed E-state index contributed by atoms with van der Waals surface area (Å²) in [5.41, 5.74) is 2.18. The topological polar surface area (TPSA) is 32.8 Å². The lowest BCUT2D eigenvalue weighted by atomic mass is 9.77. The number of ether oxygens (including phenoxy) is 1. The Morgan fingerprint density at radius 1 is 1.03 bits per heavy atom. The molecule has 0 radical (unpaired) electrons. The highest BCUT2D eigenvalue weighted by molar-refractivity contribution is 6.42. The molecule has 0 unspecified atom stereocenters. The van der Waals surface area contributed by atoms with Crippen LogP contribution >= 0.6 is 23.2 Å². The Kier molecular flexibility index (Phi) is 7.34. The van der Waals surface area contributed by atoms with Crippen LogP contribution in [0.3, 0.4) is 0 Å². The van der Waals surface area contributed by atoms with E-state index in [-0.39, 0.29) is 5.91 Å². The first-order valence-electron chi connectivity index (χ1n) is 11.5. The molecule has 2 aromatic rings. The van der Waals surface area contributed by atoms with Crippen molar-refractivity contribution in [3.8, 4) is 5.75 Å². The first-order chi connectivity index (χ1) is 15.3. The molecule has 1 amide bonds. The summed E-state index contributed by atoms with van der Waals surface area (Å²) in [7, 11) is 0. The van der Waals surface area contributed by atoms with Crippen LogP contribution in [0.15, 0.2) is 42.5 Å². The van der Waals surface area contributed by atoms with Crippen molar-refractivity contribution in [3.05, 3.63) is 63.6 Å². The minimum absolute atomic E-state index is 0.0458. The number of amides is 1. The second-order valence-electron chi connectivity index (χ2n) is 9.69. The SMILES string of the molecule is CC(C)COc1ccccc1CN1CCC2(CCN(C(=O)c3ccc(Cl)c(Cl)c3)CC2)C1. The van der Waals surface area contributed by atoms with Gasteiger partial charge in [0.2, 0.25) is 0 Å². The van der Waals surface area contributed by atoms with Crippen LogP contribution < -0.4 is 4.74 Å². The first-order valence-corrected chi connectivity index (χ1v) is 12.3. The van der Waals surface area contributed by atoms with Crippen LogP contribution in [0.25, 0.3) is 0 Å². The molecule has 1 spiro atoms. The highest BCUT2D eigenvalue weighted by atomic mass is 35.5. The average molecular weight is 475 g/mol. The second-order valence-corrected chi connectivity index (χ2v) is 10.5. The summed E-state index contributed by atoms with van der Waals surface area (Å²) in [6.07, 6.45) is 3.28. The molecular weight excluding hydrogens is 443 g/mol. The van der Waals surface area contributed by atoms with E-state index in [2.05, 4.69) is 36.9 Å². The quantitative estimate of drug-likeness (QED) is 0.502. The van der Waals surface area contributed by atoms with Crippen molar-refractivity contribution in [3.63, 3.8) is 0 Å². The van der Waals surface area contributed by atoms with Crippen molar-refractivity contribution in [1.82, 2.24) is 9.80 Å². The van der Waals surface area contributed by atoms with Crippen molar-refractivity contribution >= 4 is 29.1 Å². The molecule has 2 saturated heterocycles. The number of carbonyl (C=O) groups excluding carboxylic acids is 1. The lowest BCUT2D eigenvalue weighted by molar-refractivity contribution is 0.0587. The Morgan fingerprint density at radius 3 is 2.47 bits per heavy atom. The third kappa shape index (κ3) is 5.41. The second kappa shape index (κ2) is 10.0. The molecule has 0 saturated carbocycles. The zero-order valence-corrected chi connectivity index (χ0v) is 20.5. The largest absolute Gasteiger partial charge is 0.493 e. The summed E-state index contributed by atoms with van der Waals surface area (Å²) >= 11 is 12.1. The Hall–Kier alpha value is -1.75. The number of piperidine rings is 1. The van der Waals surface area contributed by atoms with Gasteiger partial charge in [-0.25, -0.2) is 0 Å². The van der Waals surface area contributed by atoms with E-state index in [1.165, 1.54) is 12.0 Å². The lowest BCUT2D eigenvalue weighted by Gasteiger charge is -2.39. The molecule has 32 heavy (non-hydrogen) atoms. The predicted molar refractivity (Wildman–Crippen MR) is 131 cm³/mol. The van der Waals surface area contributed by atoms with Gasteiger partial charge in [-0.2, -0.15) is 0 Å². The zero-order valence-electron chi connectivity index (χ0n) is 18.9. The van der Waals surface area contributed by atoms with E-state index in [9.17, 15) is 4.79 Å². The molecule has 172 valence electrons. The fraction of sp³-hybridized carbons (Fsp3) is 0.500. The molecule has 2 aliphatic heterocycles. The molecule has 0 aromatic heterocycles. The maximum atomic E-state index is 12.9. The van der Waals surface area contributed by atoms with E-state index in [0.29, 0.717) is 26.9 Å². The van der Waals surface area contributed by atoms with Crippen molar-refractivity contribution in [1.29, 1.82) is 0 Å². The van der Waals surface area contributed by atoms with E-state index in [0.717, 1.165) is 57.9 Å². The molecule has 0 bridgehead atoms. The van der Waals surface area contributed by atoms with Gasteiger partial charge in [0.15, 0.2) is 0 Å². The third-order valence-corrected chi connectivity index (χ3v) is 7.47. The Bertz CT molecular complexity index is 955. The van der Waals surface area contributed by atoms with Crippen molar-refractivity contribution in [2.45, 2.75) is 39.7 Å². The van der Waals surface area contributed by atoms with Crippen LogP contribution in [0.2, 0.25) is 10.0 Å². The van der Waals surface area contributed by atoms with Gasteiger partial charge in [0.25, 0.3) is 5.91 Å². The van der Waals surface area contributed by atoms with Gasteiger partial charge in [-0.3, -0.25) is 9.69 Å². The number of halogens is 2. The smallest absolute Gasteiger partial charge is 0.253 e. The number of benzene rings is 2. The molecule has 0 atom stereocenters. The van der Waals surface area contributed by atoms with Crippen molar-refractivity contribution < 1.29 is 9.53 Å². The van der Waals surface area contributed by atoms with Crippen LogP contribution in [0.1, 0.15) is 49.0 Å². The van der Waals surface area contributed by atoms with E-state index >= 15 is 0 Å². The van der Waals surface area contributed by atoms with Gasteiger partial charge in [-0.05, 0) is 61.4 Å². The monoisotopic (exact) mass is 474 g/mol. The molecule has 0 aliphatic carbocycles. The van der Waals surface area contributed by atoms with E-state index in [1.807, 2.05) is 11.0 Å². The number of nitrogens with zero attached hydrogens (tertiary/aromatic N) is 2. The number of carbonyl (C=O) groups is 1. The number of para-hydroxylation sites is 1. The van der Waals surface area contributed by atoms with Crippen molar-refractivity contribution in [2.24, 2.45) is 11.3 Å².